The summed E-state index contributed by atoms with van der Waals surface area (Å²) < 4.78 is 15.6. The lowest BCUT2D eigenvalue weighted by Gasteiger charge is -2.08. The van der Waals surface area contributed by atoms with Crippen molar-refractivity contribution in [1.82, 2.24) is 4.37 Å². The van der Waals surface area contributed by atoms with Crippen LogP contribution in [0.5, 0.6) is 16.6 Å². The maximum atomic E-state index is 5.94. The number of fused-ring (bicyclic) bond motifs is 1. The lowest BCUT2D eigenvalue weighted by molar-refractivity contribution is 0.409. The van der Waals surface area contributed by atoms with Gasteiger partial charge in [-0.2, -0.15) is 4.37 Å². The highest BCUT2D eigenvalue weighted by molar-refractivity contribution is 7.09. The van der Waals surface area contributed by atoms with Gasteiger partial charge in [0.2, 0.25) is 5.06 Å². The first-order valence-corrected chi connectivity index (χ1v) is 6.98. The summed E-state index contributed by atoms with van der Waals surface area (Å²) >= 11 is 1.34. The predicted molar refractivity (Wildman–Crippen MR) is 80.6 cm³/mol. The molecule has 4 nitrogen and oxygen atoms in total. The van der Waals surface area contributed by atoms with Gasteiger partial charge in [-0.05, 0) is 29.8 Å². The van der Waals surface area contributed by atoms with Crippen molar-refractivity contribution in [2.24, 2.45) is 5.73 Å². The van der Waals surface area contributed by atoms with Gasteiger partial charge in [-0.25, -0.2) is 0 Å². The molecular formula is C15H14N2O2S. The summed E-state index contributed by atoms with van der Waals surface area (Å²) in [5.41, 5.74) is 7.59. The molecule has 0 aliphatic carbocycles. The first-order chi connectivity index (χ1) is 9.80. The van der Waals surface area contributed by atoms with Gasteiger partial charge in [0.25, 0.3) is 0 Å². The second-order valence-electron chi connectivity index (χ2n) is 4.31. The number of nitrogens with zero attached hydrogens (tertiary/aromatic N) is 1. The molecule has 102 valence electrons. The minimum atomic E-state index is 0.441. The topological polar surface area (TPSA) is 57.4 Å². The summed E-state index contributed by atoms with van der Waals surface area (Å²) in [5.74, 6) is 1.44. The molecule has 0 aliphatic heterocycles. The van der Waals surface area contributed by atoms with Gasteiger partial charge in [0.15, 0.2) is 0 Å². The molecule has 0 radical (unpaired) electrons. The normalized spacial score (nSPS) is 10.7. The molecule has 3 aromatic rings. The smallest absolute Gasteiger partial charge is 0.207 e. The first-order valence-electron chi connectivity index (χ1n) is 6.20. The maximum absolute atomic E-state index is 5.94. The van der Waals surface area contributed by atoms with Crippen LogP contribution in [-0.2, 0) is 6.54 Å². The molecule has 0 saturated carbocycles. The lowest BCUT2D eigenvalue weighted by atomic mass is 10.2. The Morgan fingerprint density at radius 2 is 1.95 bits per heavy atom. The SMILES string of the molecule is COc1cc(CN)cc(Oc2snc3ccccc23)c1. The van der Waals surface area contributed by atoms with Crippen molar-refractivity contribution in [3.8, 4) is 16.6 Å². The van der Waals surface area contributed by atoms with Crippen LogP contribution in [0.1, 0.15) is 5.56 Å². The Morgan fingerprint density at radius 1 is 1.15 bits per heavy atom. The molecular weight excluding hydrogens is 272 g/mol. The average molecular weight is 286 g/mol. The van der Waals surface area contributed by atoms with E-state index in [4.69, 9.17) is 15.2 Å². The second-order valence-corrected chi connectivity index (χ2v) is 5.05. The molecule has 0 fully saturated rings. The molecule has 3 rings (SSSR count). The number of ether oxygens (including phenoxy) is 2. The molecule has 1 heterocycles. The zero-order valence-corrected chi connectivity index (χ0v) is 11.8. The van der Waals surface area contributed by atoms with E-state index in [2.05, 4.69) is 4.37 Å². The van der Waals surface area contributed by atoms with Crippen molar-refractivity contribution >= 4 is 22.4 Å². The Labute approximate surface area is 120 Å². The summed E-state index contributed by atoms with van der Waals surface area (Å²) in [6.07, 6.45) is 0. The van der Waals surface area contributed by atoms with Crippen LogP contribution in [0.4, 0.5) is 0 Å². The number of methoxy groups -OCH3 is 1. The van der Waals surface area contributed by atoms with E-state index in [1.165, 1.54) is 11.5 Å². The molecule has 0 bridgehead atoms. The fourth-order valence-electron chi connectivity index (χ4n) is 1.97. The van der Waals surface area contributed by atoms with Gasteiger partial charge in [0.05, 0.1) is 18.0 Å². The molecule has 20 heavy (non-hydrogen) atoms. The minimum Gasteiger partial charge on any atom is -0.497 e. The van der Waals surface area contributed by atoms with E-state index < -0.39 is 0 Å². The number of aromatic nitrogens is 1. The Kier molecular flexibility index (Phi) is 3.54. The fourth-order valence-corrected chi connectivity index (χ4v) is 2.72. The highest BCUT2D eigenvalue weighted by Crippen LogP contribution is 2.35. The Bertz CT molecular complexity index is 717. The van der Waals surface area contributed by atoms with Crippen LogP contribution in [0, 0.1) is 0 Å². The molecule has 2 N–H and O–H groups in total. The summed E-state index contributed by atoms with van der Waals surface area (Å²) in [5, 5.41) is 1.78. The molecule has 2 aromatic carbocycles. The van der Waals surface area contributed by atoms with E-state index in [-0.39, 0.29) is 0 Å². The largest absolute Gasteiger partial charge is 0.497 e. The van der Waals surface area contributed by atoms with Gasteiger partial charge in [0, 0.05) is 24.1 Å². The Balaban J connectivity index is 1.98. The summed E-state index contributed by atoms with van der Waals surface area (Å²) in [6, 6.07) is 13.6. The van der Waals surface area contributed by atoms with E-state index in [1.807, 2.05) is 42.5 Å². The van der Waals surface area contributed by atoms with Gasteiger partial charge in [-0.1, -0.05) is 12.1 Å². The molecule has 0 amide bonds. The highest BCUT2D eigenvalue weighted by Gasteiger charge is 2.09. The number of benzene rings is 2. The van der Waals surface area contributed by atoms with E-state index in [0.29, 0.717) is 12.3 Å². The maximum Gasteiger partial charge on any atom is 0.207 e. The van der Waals surface area contributed by atoms with E-state index >= 15 is 0 Å². The molecule has 1 aromatic heterocycles. The Hall–Kier alpha value is -2.11. The van der Waals surface area contributed by atoms with E-state index in [1.54, 1.807) is 7.11 Å². The highest BCUT2D eigenvalue weighted by atomic mass is 32.1. The van der Waals surface area contributed by atoms with Crippen molar-refractivity contribution in [1.29, 1.82) is 0 Å². The summed E-state index contributed by atoms with van der Waals surface area (Å²) in [4.78, 5) is 0. The summed E-state index contributed by atoms with van der Waals surface area (Å²) in [6.45, 7) is 0.441. The minimum absolute atomic E-state index is 0.441. The van der Waals surface area contributed by atoms with Crippen LogP contribution in [0.2, 0.25) is 0 Å². The van der Waals surface area contributed by atoms with Crippen molar-refractivity contribution in [2.45, 2.75) is 6.54 Å². The molecule has 0 saturated heterocycles. The molecule has 0 spiro atoms. The van der Waals surface area contributed by atoms with Crippen LogP contribution in [-0.4, -0.2) is 11.5 Å². The third-order valence-electron chi connectivity index (χ3n) is 2.97. The zero-order chi connectivity index (χ0) is 13.9. The van der Waals surface area contributed by atoms with Gasteiger partial charge < -0.3 is 15.2 Å². The van der Waals surface area contributed by atoms with Gasteiger partial charge in [-0.3, -0.25) is 0 Å². The standard InChI is InChI=1S/C15H14N2O2S/c1-18-11-6-10(9-16)7-12(8-11)19-15-13-4-2-3-5-14(13)17-20-15/h2-8H,9,16H2,1H3. The van der Waals surface area contributed by atoms with Crippen molar-refractivity contribution < 1.29 is 9.47 Å². The monoisotopic (exact) mass is 286 g/mol. The molecule has 0 atom stereocenters. The van der Waals surface area contributed by atoms with Crippen LogP contribution >= 0.6 is 11.5 Å². The van der Waals surface area contributed by atoms with Crippen molar-refractivity contribution in [2.75, 3.05) is 7.11 Å². The van der Waals surface area contributed by atoms with Crippen molar-refractivity contribution in [3.05, 3.63) is 48.0 Å². The predicted octanol–water partition coefficient (Wildman–Crippen LogP) is 3.56. The van der Waals surface area contributed by atoms with Gasteiger partial charge >= 0.3 is 0 Å². The molecule has 0 unspecified atom stereocenters. The first kappa shape index (κ1) is 12.9. The van der Waals surface area contributed by atoms with Crippen LogP contribution in [0.15, 0.2) is 42.5 Å². The number of rotatable bonds is 4. The van der Waals surface area contributed by atoms with Crippen LogP contribution in [0.3, 0.4) is 0 Å². The van der Waals surface area contributed by atoms with E-state index in [0.717, 1.165) is 27.3 Å². The van der Waals surface area contributed by atoms with E-state index in [9.17, 15) is 0 Å². The third kappa shape index (κ3) is 2.45. The van der Waals surface area contributed by atoms with Gasteiger partial charge in [0.1, 0.15) is 11.5 Å². The quantitative estimate of drug-likeness (QED) is 0.796. The fraction of sp³-hybridized carbons (Fsp3) is 0.133. The van der Waals surface area contributed by atoms with Gasteiger partial charge in [-0.15, -0.1) is 0 Å². The molecule has 0 aliphatic rings. The third-order valence-corrected chi connectivity index (χ3v) is 3.73. The van der Waals surface area contributed by atoms with Crippen LogP contribution < -0.4 is 15.2 Å². The Morgan fingerprint density at radius 3 is 2.75 bits per heavy atom. The zero-order valence-electron chi connectivity index (χ0n) is 11.0. The number of hydrogen-bond donors (Lipinski definition) is 1. The van der Waals surface area contributed by atoms with Crippen LogP contribution in [0.25, 0.3) is 10.9 Å². The lowest BCUT2D eigenvalue weighted by Crippen LogP contribution is -1.97. The van der Waals surface area contributed by atoms with Crippen molar-refractivity contribution in [3.63, 3.8) is 0 Å². The average Bonchev–Trinajstić information content (AvgIpc) is 2.90. The molecule has 5 heteroatoms. The second kappa shape index (κ2) is 5.48. The number of nitrogens with two attached hydrogens (primary N) is 1. The summed E-state index contributed by atoms with van der Waals surface area (Å²) in [7, 11) is 1.63. The number of hydrogen-bond acceptors (Lipinski definition) is 5.